The Balaban J connectivity index is 1.31. The summed E-state index contributed by atoms with van der Waals surface area (Å²) in [4.78, 5) is 37.9. The summed E-state index contributed by atoms with van der Waals surface area (Å²) in [7, 11) is 2.07. The number of aromatic nitrogens is 2. The van der Waals surface area contributed by atoms with Crippen LogP contribution in [-0.4, -0.2) is 69.3 Å². The van der Waals surface area contributed by atoms with E-state index in [9.17, 15) is 9.59 Å². The van der Waals surface area contributed by atoms with Gasteiger partial charge >= 0.3 is 0 Å². The molecule has 4 aromatic rings. The molecule has 0 radical (unpaired) electrons. The zero-order chi connectivity index (χ0) is 30.8. The molecule has 0 saturated carbocycles. The molecule has 2 aromatic carbocycles. The van der Waals surface area contributed by atoms with Crippen LogP contribution in [0.3, 0.4) is 0 Å². The number of thiophene rings is 1. The molecule has 8 nitrogen and oxygen atoms in total. The van der Waals surface area contributed by atoms with Gasteiger partial charge in [0.25, 0.3) is 11.8 Å². The first-order valence-corrected chi connectivity index (χ1v) is 15.8. The second kappa shape index (κ2) is 12.4. The Morgan fingerprint density at radius 1 is 1.11 bits per heavy atom. The van der Waals surface area contributed by atoms with Crippen molar-refractivity contribution >= 4 is 50.5 Å². The van der Waals surface area contributed by atoms with Crippen molar-refractivity contribution in [3.63, 3.8) is 0 Å². The van der Waals surface area contributed by atoms with E-state index in [0.717, 1.165) is 53.2 Å². The average Bonchev–Trinajstić information content (AvgIpc) is 3.65. The lowest BCUT2D eigenvalue weighted by Gasteiger charge is -2.32. The summed E-state index contributed by atoms with van der Waals surface area (Å²) in [5, 5.41) is 10.1. The lowest BCUT2D eigenvalue weighted by Crippen LogP contribution is -2.46. The number of hydrogen-bond donors (Lipinski definition) is 0. The van der Waals surface area contributed by atoms with Gasteiger partial charge in [-0.05, 0) is 61.3 Å². The van der Waals surface area contributed by atoms with Gasteiger partial charge < -0.3 is 19.3 Å². The first-order valence-electron chi connectivity index (χ1n) is 14.6. The number of imidazole rings is 1. The van der Waals surface area contributed by atoms with E-state index >= 15 is 0 Å². The number of likely N-dealkylation sites (N-methyl/N-ethyl adjacent to an activating group) is 1. The molecule has 10 heteroatoms. The molecule has 1 fully saturated rings. The minimum absolute atomic E-state index is 0.0565. The highest BCUT2D eigenvalue weighted by molar-refractivity contribution is 7.20. The second-order valence-corrected chi connectivity index (χ2v) is 13.6. The van der Waals surface area contributed by atoms with Gasteiger partial charge in [0.2, 0.25) is 0 Å². The Bertz CT molecular complexity index is 1800. The summed E-state index contributed by atoms with van der Waals surface area (Å²) in [5.74, 6) is -0.0725. The molecule has 0 bridgehead atoms. The van der Waals surface area contributed by atoms with Crippen LogP contribution in [0, 0.1) is 11.3 Å². The van der Waals surface area contributed by atoms with E-state index < -0.39 is 4.87 Å². The summed E-state index contributed by atoms with van der Waals surface area (Å²) >= 11 is 8.14. The first kappa shape index (κ1) is 29.8. The standard InChI is InChI=1S/C34H33ClN6O2S/c1-34(35)11-3-4-26(18-34)32(42)41(22-29-20-37-23-40(29)21-25-7-5-24(19-36)6-8-25)28-9-10-30-27(16-28)17-31(44-30)33(43)39-14-12-38(2)13-15-39/h3-11,16-17,20,23H,12-15,18,21-22H2,1-2H3. The summed E-state index contributed by atoms with van der Waals surface area (Å²) in [6, 6.07) is 17.5. The number of carbonyl (C=O) groups is 2. The summed E-state index contributed by atoms with van der Waals surface area (Å²) < 4.78 is 3.01. The Morgan fingerprint density at radius 2 is 1.89 bits per heavy atom. The smallest absolute Gasteiger partial charge is 0.264 e. The molecule has 1 atom stereocenters. The van der Waals surface area contributed by atoms with Gasteiger partial charge in [0.05, 0.1) is 39.9 Å². The molecule has 2 amide bonds. The number of anilines is 1. The highest BCUT2D eigenvalue weighted by Crippen LogP contribution is 2.34. The molecule has 2 aromatic heterocycles. The highest BCUT2D eigenvalue weighted by atomic mass is 35.5. The van der Waals surface area contributed by atoms with Crippen molar-refractivity contribution in [1.29, 1.82) is 5.26 Å². The number of amides is 2. The number of halogens is 1. The van der Waals surface area contributed by atoms with Crippen molar-refractivity contribution < 1.29 is 9.59 Å². The first-order chi connectivity index (χ1) is 21.2. The largest absolute Gasteiger partial charge is 0.335 e. The van der Waals surface area contributed by atoms with E-state index in [1.54, 1.807) is 29.6 Å². The zero-order valence-corrected chi connectivity index (χ0v) is 26.3. The third-order valence-electron chi connectivity index (χ3n) is 8.16. The molecular formula is C34H33ClN6O2S. The van der Waals surface area contributed by atoms with E-state index in [-0.39, 0.29) is 18.4 Å². The quantitative estimate of drug-likeness (QED) is 0.242. The Morgan fingerprint density at radius 3 is 2.61 bits per heavy atom. The fourth-order valence-corrected chi connectivity index (χ4v) is 6.82. The number of nitrogens with zero attached hydrogens (tertiary/aromatic N) is 6. The lowest BCUT2D eigenvalue weighted by atomic mass is 9.94. The summed E-state index contributed by atoms with van der Waals surface area (Å²) in [5.41, 5.74) is 3.85. The fourth-order valence-electron chi connectivity index (χ4n) is 5.59. The molecule has 3 heterocycles. The van der Waals surface area contributed by atoms with Crippen LogP contribution >= 0.6 is 22.9 Å². The molecule has 6 rings (SSSR count). The van der Waals surface area contributed by atoms with E-state index in [2.05, 4.69) is 23.0 Å². The maximum absolute atomic E-state index is 14.2. The predicted molar refractivity (Wildman–Crippen MR) is 175 cm³/mol. The number of hydrogen-bond acceptors (Lipinski definition) is 6. The molecule has 1 saturated heterocycles. The highest BCUT2D eigenvalue weighted by Gasteiger charge is 2.29. The van der Waals surface area contributed by atoms with Gasteiger partial charge in [-0.2, -0.15) is 5.26 Å². The number of benzene rings is 2. The fraction of sp³-hybridized carbons (Fsp3) is 0.294. The van der Waals surface area contributed by atoms with E-state index in [1.807, 2.05) is 71.0 Å². The van der Waals surface area contributed by atoms with Gasteiger partial charge in [0.15, 0.2) is 0 Å². The molecule has 224 valence electrons. The van der Waals surface area contributed by atoms with Gasteiger partial charge in [0, 0.05) is 61.3 Å². The Hall–Kier alpha value is -4.23. The molecule has 1 unspecified atom stereocenters. The van der Waals surface area contributed by atoms with Crippen molar-refractivity contribution in [3.8, 4) is 6.07 Å². The van der Waals surface area contributed by atoms with Crippen LogP contribution in [-0.2, 0) is 17.9 Å². The number of piperazine rings is 1. The zero-order valence-electron chi connectivity index (χ0n) is 24.7. The third-order valence-corrected chi connectivity index (χ3v) is 9.53. The van der Waals surface area contributed by atoms with Crippen LogP contribution in [0.2, 0.25) is 0 Å². The van der Waals surface area contributed by atoms with Crippen molar-refractivity contribution in [2.45, 2.75) is 31.3 Å². The van der Waals surface area contributed by atoms with Crippen molar-refractivity contribution in [2.75, 3.05) is 38.1 Å². The number of alkyl halides is 1. The van der Waals surface area contributed by atoms with Crippen molar-refractivity contribution in [3.05, 3.63) is 107 Å². The molecule has 44 heavy (non-hydrogen) atoms. The maximum Gasteiger partial charge on any atom is 0.264 e. The maximum atomic E-state index is 14.2. The SMILES string of the molecule is CN1CCN(C(=O)c2cc3cc(N(Cc4cncn4Cc4ccc(C#N)cc4)C(=O)C4=CC=CC(C)(Cl)C4)ccc3s2)CC1. The van der Waals surface area contributed by atoms with Crippen LogP contribution in [0.25, 0.3) is 10.1 Å². The van der Waals surface area contributed by atoms with Crippen LogP contribution in [0.4, 0.5) is 5.69 Å². The third kappa shape index (κ3) is 6.48. The Kier molecular flexibility index (Phi) is 8.41. The molecule has 0 N–H and O–H groups in total. The summed E-state index contributed by atoms with van der Waals surface area (Å²) in [6.45, 7) is 5.91. The van der Waals surface area contributed by atoms with Crippen LogP contribution in [0.1, 0.15) is 39.8 Å². The molecule has 1 aliphatic heterocycles. The molecule has 2 aliphatic rings. The minimum atomic E-state index is -0.640. The van der Waals surface area contributed by atoms with Gasteiger partial charge in [-0.3, -0.25) is 9.59 Å². The van der Waals surface area contributed by atoms with E-state index in [0.29, 0.717) is 29.0 Å². The number of carbonyl (C=O) groups excluding carboxylic acids is 2. The van der Waals surface area contributed by atoms with Gasteiger partial charge in [-0.1, -0.05) is 30.4 Å². The number of rotatable bonds is 7. The van der Waals surface area contributed by atoms with E-state index in [4.69, 9.17) is 16.9 Å². The molecule has 1 aliphatic carbocycles. The summed E-state index contributed by atoms with van der Waals surface area (Å²) in [6.07, 6.45) is 9.53. The number of allylic oxidation sites excluding steroid dienone is 3. The second-order valence-electron chi connectivity index (χ2n) is 11.6. The van der Waals surface area contributed by atoms with Gasteiger partial charge in [0.1, 0.15) is 0 Å². The van der Waals surface area contributed by atoms with Crippen LogP contribution in [0.15, 0.2) is 84.9 Å². The predicted octanol–water partition coefficient (Wildman–Crippen LogP) is 5.82. The molecular weight excluding hydrogens is 592 g/mol. The number of nitriles is 1. The minimum Gasteiger partial charge on any atom is -0.335 e. The van der Waals surface area contributed by atoms with Gasteiger partial charge in [-0.25, -0.2) is 4.98 Å². The van der Waals surface area contributed by atoms with Crippen LogP contribution < -0.4 is 4.90 Å². The lowest BCUT2D eigenvalue weighted by molar-refractivity contribution is -0.115. The van der Waals surface area contributed by atoms with Crippen LogP contribution in [0.5, 0.6) is 0 Å². The monoisotopic (exact) mass is 624 g/mol. The Labute approximate surface area is 266 Å². The van der Waals surface area contributed by atoms with Crippen molar-refractivity contribution in [1.82, 2.24) is 19.4 Å². The average molecular weight is 625 g/mol. The van der Waals surface area contributed by atoms with E-state index in [1.165, 1.54) is 11.3 Å². The number of fused-ring (bicyclic) bond motifs is 1. The van der Waals surface area contributed by atoms with Crippen molar-refractivity contribution in [2.24, 2.45) is 0 Å². The van der Waals surface area contributed by atoms with Gasteiger partial charge in [-0.15, -0.1) is 22.9 Å². The topological polar surface area (TPSA) is 85.5 Å². The normalized spacial score (nSPS) is 18.7. The molecule has 0 spiro atoms.